The van der Waals surface area contributed by atoms with Crippen LogP contribution in [0.5, 0.6) is 5.75 Å². The Bertz CT molecular complexity index is 2370. The zero-order chi connectivity index (χ0) is 41.6. The number of anilines is 2. The van der Waals surface area contributed by atoms with E-state index in [1.54, 1.807) is 24.4 Å². The third kappa shape index (κ3) is 8.13. The van der Waals surface area contributed by atoms with Gasteiger partial charge in [-0.2, -0.15) is 5.10 Å². The van der Waals surface area contributed by atoms with Crippen LogP contribution < -0.4 is 29.1 Å². The van der Waals surface area contributed by atoms with E-state index in [0.717, 1.165) is 75.4 Å². The normalized spacial score (nSPS) is 21.8. The first-order valence-corrected chi connectivity index (χ1v) is 23.7. The van der Waals surface area contributed by atoms with E-state index in [9.17, 15) is 24.4 Å². The summed E-state index contributed by atoms with van der Waals surface area (Å²) in [7, 11) is 0. The number of carbonyl (C=O) groups is 3. The van der Waals surface area contributed by atoms with Crippen LogP contribution in [0.15, 0.2) is 71.7 Å². The predicted octanol–water partition coefficient (Wildman–Crippen LogP) is 6.11. The van der Waals surface area contributed by atoms with E-state index in [-0.39, 0.29) is 43.1 Å². The summed E-state index contributed by atoms with van der Waals surface area (Å²) in [5, 5.41) is 20.8. The number of piperazine rings is 1. The summed E-state index contributed by atoms with van der Waals surface area (Å²) >= 11 is 4.18. The minimum atomic E-state index is -2.09. The van der Waals surface area contributed by atoms with Gasteiger partial charge in [-0.1, -0.05) is 0 Å². The van der Waals surface area contributed by atoms with E-state index in [2.05, 4.69) is 76.3 Å². The molecular weight excluding hydrogens is 883 g/mol. The molecule has 4 saturated heterocycles. The van der Waals surface area contributed by atoms with Gasteiger partial charge in [-0.05, 0) is 24.6 Å². The van der Waals surface area contributed by atoms with E-state index in [1.165, 1.54) is 4.68 Å². The predicted molar refractivity (Wildman–Crippen MR) is 238 cm³/mol. The van der Waals surface area contributed by atoms with Crippen LogP contribution in [-0.4, -0.2) is 91.1 Å². The van der Waals surface area contributed by atoms with Crippen LogP contribution in [0.25, 0.3) is 10.8 Å². The summed E-state index contributed by atoms with van der Waals surface area (Å²) < 4.78 is 7.38. The molecule has 59 heavy (non-hydrogen) atoms. The molecule has 0 radical (unpaired) electrons. The van der Waals surface area contributed by atoms with Gasteiger partial charge in [0.15, 0.2) is 0 Å². The third-order valence-corrected chi connectivity index (χ3v) is 20.0. The molecule has 0 saturated carbocycles. The van der Waals surface area contributed by atoms with Crippen LogP contribution >= 0.6 is 31.8 Å². The van der Waals surface area contributed by atoms with Crippen molar-refractivity contribution in [3.05, 3.63) is 93.4 Å². The van der Waals surface area contributed by atoms with Gasteiger partial charge in [0.2, 0.25) is 5.91 Å². The molecule has 0 unspecified atom stereocenters. The van der Waals surface area contributed by atoms with Crippen LogP contribution in [0, 0.1) is 17.2 Å². The zero-order valence-electron chi connectivity index (χ0n) is 33.8. The van der Waals surface area contributed by atoms with Crippen molar-refractivity contribution in [1.29, 1.82) is 5.26 Å². The van der Waals surface area contributed by atoms with Crippen molar-refractivity contribution in [3.63, 3.8) is 0 Å². The van der Waals surface area contributed by atoms with Crippen LogP contribution in [-0.2, 0) is 9.59 Å². The van der Waals surface area contributed by atoms with Gasteiger partial charge in [0.05, 0.1) is 11.6 Å². The van der Waals surface area contributed by atoms with Crippen molar-refractivity contribution in [1.82, 2.24) is 25.3 Å². The molecule has 1 atom stereocenters. The Morgan fingerprint density at radius 3 is 2.25 bits per heavy atom. The van der Waals surface area contributed by atoms with Crippen molar-refractivity contribution in [3.8, 4) is 11.8 Å². The summed E-state index contributed by atoms with van der Waals surface area (Å²) in [5.41, 5.74) is 2.94. The number of imide groups is 1. The molecule has 0 spiro atoms. The van der Waals surface area contributed by atoms with Gasteiger partial charge in [-0.15, -0.1) is 0 Å². The number of hydrogen-bond acceptors (Lipinski definition) is 10. The van der Waals surface area contributed by atoms with Gasteiger partial charge in [-0.25, -0.2) is 4.68 Å². The minimum absolute atomic E-state index is 0.0457. The summed E-state index contributed by atoms with van der Waals surface area (Å²) in [5.74, 6) is 0.412. The maximum absolute atomic E-state index is 13.5. The van der Waals surface area contributed by atoms with E-state index >= 15 is 0 Å². The summed E-state index contributed by atoms with van der Waals surface area (Å²) in [4.78, 5) is 58.1. The van der Waals surface area contributed by atoms with Crippen molar-refractivity contribution in [2.45, 2.75) is 72.3 Å². The molecule has 3 amide bonds. The number of hydrogen-bond donors (Lipinski definition) is 2. The number of benzene rings is 3. The molecule has 8 rings (SSSR count). The van der Waals surface area contributed by atoms with Crippen molar-refractivity contribution in [2.75, 3.05) is 55.6 Å². The van der Waals surface area contributed by atoms with E-state index < -0.39 is 32.2 Å². The number of fused-ring (bicyclic) bond motifs is 1. The number of rotatable bonds is 9. The van der Waals surface area contributed by atoms with Crippen molar-refractivity contribution < 1.29 is 17.4 Å². The molecule has 4 aliphatic rings. The second-order valence-electron chi connectivity index (χ2n) is 17.0. The summed E-state index contributed by atoms with van der Waals surface area (Å²) in [6.45, 7) is 15.4. The number of nitrogens with one attached hydrogen (secondary N) is 2. The average Bonchev–Trinajstić information content (AvgIpc) is 3.22. The molecule has 5 heterocycles. The van der Waals surface area contributed by atoms with Gasteiger partial charge in [-0.3, -0.25) is 24.6 Å². The standard InChI is InChI=1S/C44H50ClIN8O5/c1-43(2)42(44(3,4)46(43)59-34-11-7-30(25-47)36(45)24-34)50-39(56)29-5-8-32(9-6-29)52-17-15-28(16-18-52)27-51-19-21-53(22-20-51)33-10-12-35-31(23-33)26-48-54(41(35)58)37-13-14-38(55)49-40(37)57/h5-12,23-24,26,28,37,42H,13-22,27H2,1-4H3,(H,50,56)(H,49,55,57)/t37-/m0/s1. The van der Waals surface area contributed by atoms with Gasteiger partial charge in [0, 0.05) is 50.2 Å². The number of nitriles is 1. The number of nitrogens with zero attached hydrogens (tertiary/aromatic N) is 6. The number of alkyl halides is 2. The number of carbonyl (C=O) groups excluding carboxylic acids is 3. The second kappa shape index (κ2) is 16.4. The molecule has 15 heteroatoms. The quantitative estimate of drug-likeness (QED) is 0.114. The first kappa shape index (κ1) is 41.0. The van der Waals surface area contributed by atoms with Crippen LogP contribution in [0.2, 0.25) is 5.02 Å². The van der Waals surface area contributed by atoms with Gasteiger partial charge < -0.3 is 4.90 Å². The van der Waals surface area contributed by atoms with Crippen LogP contribution in [0.1, 0.15) is 75.3 Å². The van der Waals surface area contributed by atoms with Gasteiger partial charge in [0.1, 0.15) is 6.04 Å². The maximum atomic E-state index is 13.5. The summed E-state index contributed by atoms with van der Waals surface area (Å²) in [6, 6.07) is 20.3. The molecule has 310 valence electrons. The molecule has 1 aromatic heterocycles. The molecule has 0 aliphatic carbocycles. The van der Waals surface area contributed by atoms with E-state index in [1.807, 2.05) is 30.3 Å². The van der Waals surface area contributed by atoms with Crippen LogP contribution in [0.4, 0.5) is 11.4 Å². The first-order chi connectivity index (χ1) is 28.2. The molecule has 2 N–H and O–H groups in total. The van der Waals surface area contributed by atoms with E-state index in [0.29, 0.717) is 33.2 Å². The fourth-order valence-corrected chi connectivity index (χ4v) is 17.5. The molecule has 3 aromatic carbocycles. The zero-order valence-corrected chi connectivity index (χ0v) is 36.8. The van der Waals surface area contributed by atoms with Crippen LogP contribution in [0.3, 0.4) is 0 Å². The third-order valence-electron chi connectivity index (χ3n) is 12.4. The Hall–Kier alpha value is -4.72. The number of aromatic nitrogens is 2. The Morgan fingerprint density at radius 1 is 0.915 bits per heavy atom. The molecule has 13 nitrogen and oxygen atoms in total. The van der Waals surface area contributed by atoms with Crippen molar-refractivity contribution >= 4 is 71.7 Å². The Morgan fingerprint density at radius 2 is 1.59 bits per heavy atom. The Labute approximate surface area is 356 Å². The number of halogens is 2. The molecule has 4 fully saturated rings. The molecule has 4 aliphatic heterocycles. The average molecular weight is 933 g/mol. The SMILES string of the molecule is CC1(C)C(NC(=O)c2ccc(N3CCC(CN4CCN(c5ccc6c(=O)n([C@H]7CCC(=O)NC7=O)ncc6c5)CC4)CC3)cc2)C(C)(C)I1Oc1ccc(C#N)c(Cl)c1. The molecular formula is C44H50ClIN8O5. The van der Waals surface area contributed by atoms with Gasteiger partial charge in [0.25, 0.3) is 11.5 Å². The fraction of sp³-hybridized carbons (Fsp3) is 0.455. The molecule has 0 bridgehead atoms. The Balaban J connectivity index is 0.792. The number of amides is 3. The van der Waals surface area contributed by atoms with Crippen molar-refractivity contribution in [2.24, 2.45) is 5.92 Å². The second-order valence-corrected chi connectivity index (χ2v) is 24.8. The monoisotopic (exact) mass is 932 g/mol. The number of piperidine rings is 2. The molecule has 4 aromatic rings. The fourth-order valence-electron chi connectivity index (χ4n) is 9.31. The van der Waals surface area contributed by atoms with Gasteiger partial charge >= 0.3 is 210 Å². The first-order valence-electron chi connectivity index (χ1n) is 20.3. The summed E-state index contributed by atoms with van der Waals surface area (Å²) in [6.07, 6.45) is 4.32. The topological polar surface area (TPSA) is 153 Å². The Kier molecular flexibility index (Phi) is 11.4. The van der Waals surface area contributed by atoms with E-state index in [4.69, 9.17) is 14.7 Å².